The quantitative estimate of drug-likeness (QED) is 0.796. The van der Waals surface area contributed by atoms with Crippen molar-refractivity contribution in [1.82, 2.24) is 19.5 Å². The molecule has 1 saturated heterocycles. The molecule has 2 N–H and O–H groups in total. The Kier molecular flexibility index (Phi) is 3.14. The van der Waals surface area contributed by atoms with Gasteiger partial charge in [0.2, 0.25) is 0 Å². The highest BCUT2D eigenvalue weighted by atomic mass is 35.5. The summed E-state index contributed by atoms with van der Waals surface area (Å²) in [7, 11) is 0. The fraction of sp³-hybridized carbons (Fsp3) is 0.500. The number of thioether (sulfide) groups is 1. The first-order valence-corrected chi connectivity index (χ1v) is 6.80. The maximum atomic E-state index is 9.81. The Morgan fingerprint density at radius 3 is 3.00 bits per heavy atom. The number of aliphatic hydroxyl groups excluding tert-OH is 2. The Balaban J connectivity index is 1.99. The first-order chi connectivity index (χ1) is 8.70. The van der Waals surface area contributed by atoms with E-state index in [2.05, 4.69) is 15.0 Å². The van der Waals surface area contributed by atoms with Crippen LogP contribution in [0.2, 0.25) is 5.15 Å². The molecule has 3 heterocycles. The minimum atomic E-state index is -0.514. The molecule has 96 valence electrons. The molecular weight excluding hydrogens is 276 g/mol. The van der Waals surface area contributed by atoms with Crippen molar-refractivity contribution in [1.29, 1.82) is 0 Å². The van der Waals surface area contributed by atoms with Crippen molar-refractivity contribution < 1.29 is 10.2 Å². The largest absolute Gasteiger partial charge is 0.395 e. The summed E-state index contributed by atoms with van der Waals surface area (Å²) in [6, 6.07) is 0. The summed E-state index contributed by atoms with van der Waals surface area (Å²) in [6.07, 6.45) is 3.08. The zero-order chi connectivity index (χ0) is 12.7. The van der Waals surface area contributed by atoms with Gasteiger partial charge in [-0.3, -0.25) is 0 Å². The maximum absolute atomic E-state index is 9.81. The minimum Gasteiger partial charge on any atom is -0.395 e. The van der Waals surface area contributed by atoms with Crippen LogP contribution in [-0.2, 0) is 0 Å². The van der Waals surface area contributed by atoms with Gasteiger partial charge in [-0.25, -0.2) is 15.0 Å². The molecule has 2 aromatic heterocycles. The van der Waals surface area contributed by atoms with Crippen molar-refractivity contribution in [3.63, 3.8) is 0 Å². The zero-order valence-electron chi connectivity index (χ0n) is 9.27. The van der Waals surface area contributed by atoms with Gasteiger partial charge >= 0.3 is 0 Å². The molecule has 3 rings (SSSR count). The van der Waals surface area contributed by atoms with Crippen molar-refractivity contribution in [2.75, 3.05) is 6.61 Å². The van der Waals surface area contributed by atoms with E-state index >= 15 is 0 Å². The molecule has 1 aliphatic rings. The molecular formula is C10H11ClN4O2S. The predicted molar refractivity (Wildman–Crippen MR) is 68.5 cm³/mol. The van der Waals surface area contributed by atoms with Gasteiger partial charge in [-0.1, -0.05) is 11.6 Å². The van der Waals surface area contributed by atoms with E-state index in [1.54, 1.807) is 6.33 Å². The highest BCUT2D eigenvalue weighted by Crippen LogP contribution is 2.42. The lowest BCUT2D eigenvalue weighted by Gasteiger charge is -2.11. The Bertz CT molecular complexity index is 578. The van der Waals surface area contributed by atoms with E-state index in [-0.39, 0.29) is 17.2 Å². The molecule has 0 unspecified atom stereocenters. The van der Waals surface area contributed by atoms with Crippen molar-refractivity contribution in [3.05, 3.63) is 17.8 Å². The molecule has 2 aromatic rings. The highest BCUT2D eigenvalue weighted by molar-refractivity contribution is 8.00. The number of aliphatic hydroxyl groups is 2. The number of hydrogen-bond donors (Lipinski definition) is 2. The van der Waals surface area contributed by atoms with Crippen molar-refractivity contribution in [3.8, 4) is 0 Å². The summed E-state index contributed by atoms with van der Waals surface area (Å²) >= 11 is 7.46. The number of rotatable bonds is 2. The van der Waals surface area contributed by atoms with Crippen LogP contribution in [0.3, 0.4) is 0 Å². The second kappa shape index (κ2) is 4.65. The van der Waals surface area contributed by atoms with Crippen molar-refractivity contribution >= 4 is 34.5 Å². The van der Waals surface area contributed by atoms with Crippen LogP contribution >= 0.6 is 23.4 Å². The molecule has 6 nitrogen and oxygen atoms in total. The Morgan fingerprint density at radius 1 is 1.44 bits per heavy atom. The van der Waals surface area contributed by atoms with Gasteiger partial charge in [0.05, 0.1) is 29.7 Å². The molecule has 0 amide bonds. The van der Waals surface area contributed by atoms with Gasteiger partial charge in [0.15, 0.2) is 10.8 Å². The van der Waals surface area contributed by atoms with Crippen LogP contribution in [-0.4, -0.2) is 47.7 Å². The van der Waals surface area contributed by atoms with E-state index < -0.39 is 6.10 Å². The second-order valence-corrected chi connectivity index (χ2v) is 5.88. The topological polar surface area (TPSA) is 84.1 Å². The van der Waals surface area contributed by atoms with Crippen LogP contribution in [0.5, 0.6) is 0 Å². The average molecular weight is 287 g/mol. The third kappa shape index (κ3) is 1.87. The van der Waals surface area contributed by atoms with E-state index in [0.29, 0.717) is 22.7 Å². The summed E-state index contributed by atoms with van der Waals surface area (Å²) < 4.78 is 1.87. The predicted octanol–water partition coefficient (Wildman–Crippen LogP) is 0.837. The van der Waals surface area contributed by atoms with E-state index in [9.17, 15) is 5.11 Å². The lowest BCUT2D eigenvalue weighted by atomic mass is 10.2. The van der Waals surface area contributed by atoms with Gasteiger partial charge in [0, 0.05) is 6.42 Å². The molecule has 0 spiro atoms. The number of imidazole rings is 1. The third-order valence-electron chi connectivity index (χ3n) is 3.01. The first-order valence-electron chi connectivity index (χ1n) is 5.48. The summed E-state index contributed by atoms with van der Waals surface area (Å²) in [5.41, 5.74) is 1.21. The second-order valence-electron chi connectivity index (χ2n) is 4.10. The standard InChI is InChI=1S/C10H11ClN4O2S/c11-9-8-10(13-3-12-9)15(4-14-8)7-1-5(17)6(2-16)18-7/h3-7,16-17H,1-2H2/t5-,6+,7+/m1/s1. The fourth-order valence-electron chi connectivity index (χ4n) is 2.08. The van der Waals surface area contributed by atoms with Crippen LogP contribution in [0.1, 0.15) is 11.8 Å². The van der Waals surface area contributed by atoms with Gasteiger partial charge in [-0.2, -0.15) is 0 Å². The van der Waals surface area contributed by atoms with Crippen LogP contribution in [0.25, 0.3) is 11.2 Å². The van der Waals surface area contributed by atoms with Crippen LogP contribution in [0, 0.1) is 0 Å². The van der Waals surface area contributed by atoms with Crippen molar-refractivity contribution in [2.45, 2.75) is 23.1 Å². The molecule has 0 aromatic carbocycles. The molecule has 0 saturated carbocycles. The normalized spacial score (nSPS) is 28.1. The average Bonchev–Trinajstić information content (AvgIpc) is 2.93. The Morgan fingerprint density at radius 2 is 2.28 bits per heavy atom. The van der Waals surface area contributed by atoms with Gasteiger partial charge in [-0.05, 0) is 0 Å². The van der Waals surface area contributed by atoms with Crippen molar-refractivity contribution in [2.24, 2.45) is 0 Å². The number of nitrogens with zero attached hydrogens (tertiary/aromatic N) is 4. The Hall–Kier alpha value is -0.890. The van der Waals surface area contributed by atoms with Crippen LogP contribution in [0.4, 0.5) is 0 Å². The molecule has 1 aliphatic heterocycles. The van der Waals surface area contributed by atoms with Gasteiger partial charge < -0.3 is 14.8 Å². The van der Waals surface area contributed by atoms with Gasteiger partial charge in [-0.15, -0.1) is 11.8 Å². The maximum Gasteiger partial charge on any atom is 0.165 e. The van der Waals surface area contributed by atoms with Crippen LogP contribution in [0.15, 0.2) is 12.7 Å². The highest BCUT2D eigenvalue weighted by Gasteiger charge is 2.35. The Labute approximate surface area is 112 Å². The lowest BCUT2D eigenvalue weighted by Crippen LogP contribution is -2.20. The molecule has 1 fully saturated rings. The molecule has 8 heteroatoms. The lowest BCUT2D eigenvalue weighted by molar-refractivity contribution is 0.138. The first kappa shape index (κ1) is 12.2. The van der Waals surface area contributed by atoms with Crippen LogP contribution < -0.4 is 0 Å². The SMILES string of the molecule is OC[C@@H]1S[C@H](n2cnc3c(Cl)ncnc32)C[C@H]1O. The number of halogens is 1. The summed E-state index contributed by atoms with van der Waals surface area (Å²) in [5, 5.41) is 19.1. The number of aromatic nitrogens is 4. The molecule has 0 radical (unpaired) electrons. The summed E-state index contributed by atoms with van der Waals surface area (Å²) in [5.74, 6) is 0. The van der Waals surface area contributed by atoms with E-state index in [1.165, 1.54) is 18.1 Å². The molecule has 18 heavy (non-hydrogen) atoms. The zero-order valence-corrected chi connectivity index (χ0v) is 10.8. The smallest absolute Gasteiger partial charge is 0.165 e. The molecule has 0 bridgehead atoms. The molecule has 3 atom stereocenters. The third-order valence-corrected chi connectivity index (χ3v) is 4.83. The van der Waals surface area contributed by atoms with E-state index in [1.807, 2.05) is 4.57 Å². The van der Waals surface area contributed by atoms with E-state index in [4.69, 9.17) is 16.7 Å². The van der Waals surface area contributed by atoms with Gasteiger partial charge in [0.25, 0.3) is 0 Å². The number of hydrogen-bond acceptors (Lipinski definition) is 6. The van der Waals surface area contributed by atoms with Gasteiger partial charge in [0.1, 0.15) is 11.8 Å². The fourth-order valence-corrected chi connectivity index (χ4v) is 3.64. The summed E-state index contributed by atoms with van der Waals surface area (Å²) in [4.78, 5) is 12.2. The summed E-state index contributed by atoms with van der Waals surface area (Å²) in [6.45, 7) is -0.0370. The minimum absolute atomic E-state index is 0.00752. The van der Waals surface area contributed by atoms with E-state index in [0.717, 1.165) is 0 Å². The number of fused-ring (bicyclic) bond motifs is 1. The molecule has 0 aliphatic carbocycles. The monoisotopic (exact) mass is 286 g/mol.